The van der Waals surface area contributed by atoms with E-state index in [1.807, 2.05) is 0 Å². The molecule has 0 radical (unpaired) electrons. The molecule has 0 aromatic carbocycles. The second-order valence-corrected chi connectivity index (χ2v) is 0.448. The molecule has 3 N–H and O–H groups in total. The third-order valence-corrected chi connectivity index (χ3v) is 0. The quantitative estimate of drug-likeness (QED) is 0.208. The maximum atomic E-state index is 7.12. The zero-order chi connectivity index (χ0) is 5.41. The van der Waals surface area contributed by atoms with Gasteiger partial charge in [0, 0.05) is 0 Å². The Bertz CT molecular complexity index is 42.8. The van der Waals surface area contributed by atoms with Crippen molar-refractivity contribution in [3.8, 4) is 0 Å². The van der Waals surface area contributed by atoms with E-state index < -0.39 is 7.69 Å². The molecule has 0 aliphatic heterocycles. The van der Waals surface area contributed by atoms with E-state index in [0.29, 0.717) is 0 Å². The van der Waals surface area contributed by atoms with Gasteiger partial charge < -0.3 is 10.0 Å². The molecule has 3 nitrogen and oxygen atoms in total. The Morgan fingerprint density at radius 3 is 1.67 bits per heavy atom. The van der Waals surface area contributed by atoms with Crippen LogP contribution in [-0.2, 0) is 0 Å². The average Bonchev–Trinajstić information content (AvgIpc) is 1.39. The van der Waals surface area contributed by atoms with Gasteiger partial charge in [-0.05, 0) is 12.2 Å². The van der Waals surface area contributed by atoms with E-state index in [1.54, 1.807) is 5.16 Å². The Kier molecular flexibility index (Phi) is 33.2. The monoisotopic (exact) mass is 105 g/mol. The van der Waals surface area contributed by atoms with Crippen LogP contribution in [-0.4, -0.2) is 22.9 Å². The summed E-state index contributed by atoms with van der Waals surface area (Å²) in [5, 5.41) is 21.6. The maximum Gasteiger partial charge on any atom is 0.432 e. The summed E-state index contributed by atoms with van der Waals surface area (Å²) in [6.45, 7) is 0. The molecule has 5 heteroatoms. The molecule has 0 fully saturated rings. The van der Waals surface area contributed by atoms with Gasteiger partial charge in [-0.15, -0.1) is 0 Å². The largest absolute Gasteiger partial charge is 0.432 e. The van der Waals surface area contributed by atoms with Crippen molar-refractivity contribution in [2.75, 3.05) is 0 Å². The highest BCUT2D eigenvalue weighted by molar-refractivity contribution is 7.78. The second kappa shape index (κ2) is 21.5. The maximum absolute atomic E-state index is 7.12. The van der Waals surface area contributed by atoms with Gasteiger partial charge in [0.1, 0.15) is 0 Å². The highest BCUT2D eigenvalue weighted by Gasteiger charge is 1.48. The number of hydrogen-bond donors (Lipinski definition) is 3. The fourth-order valence-corrected chi connectivity index (χ4v) is 0. The number of nitrogens with one attached hydrogen (secondary N) is 1. The van der Waals surface area contributed by atoms with Crippen molar-refractivity contribution in [2.24, 2.45) is 0 Å². The summed E-state index contributed by atoms with van der Waals surface area (Å²) in [7, 11) is -0.750. The summed E-state index contributed by atoms with van der Waals surface area (Å²) in [5.74, 6) is 0. The van der Waals surface area contributed by atoms with Crippen molar-refractivity contribution in [1.29, 1.82) is 5.41 Å². The first kappa shape index (κ1) is 9.25. The molecule has 0 unspecified atom stereocenters. The Morgan fingerprint density at radius 2 is 1.67 bits per heavy atom. The number of thiocarbonyl (C=S) groups is 1. The van der Waals surface area contributed by atoms with Crippen LogP contribution in [0.2, 0.25) is 0 Å². The lowest BCUT2D eigenvalue weighted by Gasteiger charge is -1.48. The minimum absolute atomic E-state index is 0.750. The van der Waals surface area contributed by atoms with Crippen molar-refractivity contribution >= 4 is 25.1 Å². The van der Waals surface area contributed by atoms with Crippen LogP contribution in [0.25, 0.3) is 0 Å². The van der Waals surface area contributed by atoms with Crippen molar-refractivity contribution in [1.82, 2.24) is 0 Å². The average molecular weight is 105 g/mol. The third-order valence-electron chi connectivity index (χ3n) is 0. The highest BCUT2D eigenvalue weighted by atomic mass is 32.1. The van der Waals surface area contributed by atoms with Crippen LogP contribution in [0, 0.1) is 5.41 Å². The van der Waals surface area contributed by atoms with Crippen molar-refractivity contribution in [3.05, 3.63) is 0 Å². The topological polar surface area (TPSA) is 64.3 Å². The predicted molar refractivity (Wildman–Crippen MR) is 26.9 cm³/mol. The molecule has 0 heterocycles. The lowest BCUT2D eigenvalue weighted by Crippen LogP contribution is -1.75. The van der Waals surface area contributed by atoms with E-state index >= 15 is 0 Å². The van der Waals surface area contributed by atoms with Crippen LogP contribution in [0.1, 0.15) is 0 Å². The Balaban J connectivity index is 0. The van der Waals surface area contributed by atoms with Crippen LogP contribution < -0.4 is 0 Å². The number of rotatable bonds is 0. The summed E-state index contributed by atoms with van der Waals surface area (Å²) >= 11 is 3.81. The molecule has 0 aromatic heterocycles. The van der Waals surface area contributed by atoms with Gasteiger partial charge in [-0.25, -0.2) is 5.41 Å². The van der Waals surface area contributed by atoms with Crippen LogP contribution in [0.3, 0.4) is 0 Å². The summed E-state index contributed by atoms with van der Waals surface area (Å²) in [6, 6.07) is 0. The van der Waals surface area contributed by atoms with Crippen LogP contribution in [0.15, 0.2) is 0 Å². The Morgan fingerprint density at radius 1 is 1.67 bits per heavy atom. The van der Waals surface area contributed by atoms with Crippen LogP contribution >= 0.6 is 12.2 Å². The molecule has 0 amide bonds. The van der Waals surface area contributed by atoms with Gasteiger partial charge in [0.2, 0.25) is 0 Å². The zero-order valence-corrected chi connectivity index (χ0v) is 3.83. The second-order valence-electron chi connectivity index (χ2n) is 0.243. The van der Waals surface area contributed by atoms with E-state index in [4.69, 9.17) is 15.5 Å². The smallest absolute Gasteiger partial charge is 0.430 e. The number of hydrogen-bond acceptors (Lipinski definition) is 4. The van der Waals surface area contributed by atoms with Crippen LogP contribution in [0.5, 0.6) is 0 Å². The lowest BCUT2D eigenvalue weighted by molar-refractivity contribution is 0.448. The van der Waals surface area contributed by atoms with E-state index in [0.717, 1.165) is 0 Å². The van der Waals surface area contributed by atoms with Crippen molar-refractivity contribution < 1.29 is 10.0 Å². The minimum atomic E-state index is -0.750. The first-order chi connectivity index (χ1) is 2.83. The molecule has 0 aliphatic rings. The highest BCUT2D eigenvalue weighted by Crippen LogP contribution is 1.16. The molecule has 0 aromatic rings. The predicted octanol–water partition coefficient (Wildman–Crippen LogP) is -1.09. The molecule has 0 saturated heterocycles. The summed E-state index contributed by atoms with van der Waals surface area (Å²) in [5.41, 5.74) is 0. The molecular formula is CH4BNO2S. The Hall–Kier alpha value is -0.215. The van der Waals surface area contributed by atoms with Gasteiger partial charge in [-0.2, -0.15) is 0 Å². The fraction of sp³-hybridized carbons (Fsp3) is 0. The summed E-state index contributed by atoms with van der Waals surface area (Å²) in [6.07, 6.45) is 0. The molecule has 0 bridgehead atoms. The summed E-state index contributed by atoms with van der Waals surface area (Å²) in [4.78, 5) is 0. The van der Waals surface area contributed by atoms with Gasteiger partial charge in [0.25, 0.3) is 0 Å². The molecule has 0 spiro atoms. The first-order valence-corrected chi connectivity index (χ1v) is 1.49. The van der Waals surface area contributed by atoms with E-state index in [-0.39, 0.29) is 0 Å². The fourth-order valence-electron chi connectivity index (χ4n) is 0. The van der Waals surface area contributed by atoms with E-state index in [9.17, 15) is 0 Å². The number of isothiocyanates is 1. The van der Waals surface area contributed by atoms with Gasteiger partial charge in [0.15, 0.2) is 0 Å². The first-order valence-electron chi connectivity index (χ1n) is 1.09. The van der Waals surface area contributed by atoms with Gasteiger partial charge in [-0.3, -0.25) is 0 Å². The van der Waals surface area contributed by atoms with Gasteiger partial charge in [-0.1, -0.05) is 0 Å². The zero-order valence-electron chi connectivity index (χ0n) is 3.01. The normalized spacial score (nSPS) is 3.67. The molecule has 6 heavy (non-hydrogen) atoms. The molecule has 34 valence electrons. The van der Waals surface area contributed by atoms with Crippen molar-refractivity contribution in [3.63, 3.8) is 0 Å². The van der Waals surface area contributed by atoms with Crippen molar-refractivity contribution in [2.45, 2.75) is 0 Å². The molecule has 0 aliphatic carbocycles. The molecule has 0 saturated carbocycles. The minimum Gasteiger partial charge on any atom is -0.430 e. The lowest BCUT2D eigenvalue weighted by atomic mass is 10.5. The third kappa shape index (κ3) is 635. The molecular weight excluding hydrogens is 101 g/mol. The Labute approximate surface area is 41.4 Å². The molecule has 0 atom stereocenters. The van der Waals surface area contributed by atoms with E-state index in [2.05, 4.69) is 12.2 Å². The SMILES string of the molecule is N=C=S.OBO. The van der Waals surface area contributed by atoms with Gasteiger partial charge in [0.05, 0.1) is 5.16 Å². The van der Waals surface area contributed by atoms with E-state index in [1.165, 1.54) is 0 Å². The summed E-state index contributed by atoms with van der Waals surface area (Å²) < 4.78 is 0. The van der Waals surface area contributed by atoms with Crippen LogP contribution in [0.4, 0.5) is 0 Å². The molecule has 0 rings (SSSR count). The standard InChI is InChI=1S/CHNS.BH3O2/c2*2-1-3/h2H;1-3H. The van der Waals surface area contributed by atoms with Gasteiger partial charge >= 0.3 is 7.69 Å².